The molecule has 23 heavy (non-hydrogen) atoms. The second-order valence-electron chi connectivity index (χ2n) is 5.43. The number of fused-ring (bicyclic) bond motifs is 2. The zero-order valence-electron chi connectivity index (χ0n) is 12.4. The lowest BCUT2D eigenvalue weighted by molar-refractivity contribution is 0.470. The van der Waals surface area contributed by atoms with E-state index >= 15 is 0 Å². The van der Waals surface area contributed by atoms with E-state index < -0.39 is 0 Å². The topological polar surface area (TPSA) is 55.5 Å². The van der Waals surface area contributed by atoms with Gasteiger partial charge in [-0.15, -0.1) is 0 Å². The predicted octanol–water partition coefficient (Wildman–Crippen LogP) is 5.07. The molecule has 0 saturated heterocycles. The Morgan fingerprint density at radius 1 is 0.696 bits per heavy atom. The summed E-state index contributed by atoms with van der Waals surface area (Å²) in [5.74, 6) is 1.54. The molecule has 3 nitrogen and oxygen atoms in total. The van der Waals surface area contributed by atoms with Crippen molar-refractivity contribution in [2.75, 3.05) is 5.73 Å². The van der Waals surface area contributed by atoms with Gasteiger partial charge in [-0.1, -0.05) is 48.5 Å². The molecule has 112 valence electrons. The third-order valence-electron chi connectivity index (χ3n) is 3.98. The molecule has 4 aromatic carbocycles. The molecule has 0 unspecified atom stereocenters. The van der Waals surface area contributed by atoms with Crippen LogP contribution in [-0.2, 0) is 0 Å². The highest BCUT2D eigenvalue weighted by Crippen LogP contribution is 2.38. The van der Waals surface area contributed by atoms with Crippen molar-refractivity contribution in [3.63, 3.8) is 0 Å². The zero-order chi connectivity index (χ0) is 15.8. The number of phenolic OH excluding ortho intramolecular Hbond substituents is 1. The molecule has 0 amide bonds. The smallest absolute Gasteiger partial charge is 0.139 e. The fourth-order valence-corrected chi connectivity index (χ4v) is 2.87. The van der Waals surface area contributed by atoms with Crippen molar-refractivity contribution in [2.24, 2.45) is 0 Å². The van der Waals surface area contributed by atoms with Gasteiger partial charge in [0.2, 0.25) is 0 Å². The molecule has 0 atom stereocenters. The van der Waals surface area contributed by atoms with Crippen LogP contribution in [0.3, 0.4) is 0 Å². The minimum absolute atomic E-state index is 0.206. The lowest BCUT2D eigenvalue weighted by Crippen LogP contribution is -1.91. The summed E-state index contributed by atoms with van der Waals surface area (Å²) in [5.41, 5.74) is 6.75. The molecule has 0 aromatic heterocycles. The van der Waals surface area contributed by atoms with E-state index in [1.165, 1.54) is 0 Å². The van der Waals surface area contributed by atoms with Gasteiger partial charge in [-0.3, -0.25) is 0 Å². The second kappa shape index (κ2) is 5.21. The molecule has 0 heterocycles. The molecule has 0 bridgehead atoms. The summed E-state index contributed by atoms with van der Waals surface area (Å²) in [6.07, 6.45) is 0. The van der Waals surface area contributed by atoms with Crippen LogP contribution in [0, 0.1) is 0 Å². The number of aromatic hydroxyl groups is 1. The van der Waals surface area contributed by atoms with Crippen molar-refractivity contribution in [2.45, 2.75) is 0 Å². The summed E-state index contributed by atoms with van der Waals surface area (Å²) in [5, 5.41) is 13.7. The highest BCUT2D eigenvalue weighted by atomic mass is 16.5. The molecule has 0 aliphatic carbocycles. The van der Waals surface area contributed by atoms with E-state index in [2.05, 4.69) is 0 Å². The van der Waals surface area contributed by atoms with Gasteiger partial charge in [-0.25, -0.2) is 0 Å². The summed E-state index contributed by atoms with van der Waals surface area (Å²) in [7, 11) is 0. The normalized spacial score (nSPS) is 11.0. The van der Waals surface area contributed by atoms with Gasteiger partial charge in [-0.05, 0) is 29.7 Å². The molecule has 0 spiro atoms. The largest absolute Gasteiger partial charge is 0.507 e. The number of hydrogen-bond donors (Lipinski definition) is 2. The van der Waals surface area contributed by atoms with E-state index in [-0.39, 0.29) is 5.75 Å². The third-order valence-corrected chi connectivity index (χ3v) is 3.98. The Morgan fingerprint density at radius 2 is 1.43 bits per heavy atom. The molecule has 4 aromatic rings. The molecule has 0 radical (unpaired) electrons. The van der Waals surface area contributed by atoms with Crippen LogP contribution in [0.1, 0.15) is 0 Å². The second-order valence-corrected chi connectivity index (χ2v) is 5.43. The van der Waals surface area contributed by atoms with E-state index in [0.29, 0.717) is 22.6 Å². The van der Waals surface area contributed by atoms with Crippen LogP contribution in [0.5, 0.6) is 17.2 Å². The number of rotatable bonds is 2. The molecular weight excluding hydrogens is 286 g/mol. The Hall–Kier alpha value is -3.20. The van der Waals surface area contributed by atoms with E-state index in [9.17, 15) is 5.11 Å². The Kier molecular flexibility index (Phi) is 3.05. The average molecular weight is 301 g/mol. The number of anilines is 1. The summed E-state index contributed by atoms with van der Waals surface area (Å²) in [4.78, 5) is 0. The number of nitrogen functional groups attached to an aromatic ring is 1. The fraction of sp³-hybridized carbons (Fsp3) is 0. The predicted molar refractivity (Wildman–Crippen MR) is 94.0 cm³/mol. The minimum atomic E-state index is 0.206. The van der Waals surface area contributed by atoms with E-state index in [1.807, 2.05) is 66.7 Å². The van der Waals surface area contributed by atoms with Gasteiger partial charge in [0.1, 0.15) is 17.2 Å². The van der Waals surface area contributed by atoms with Crippen molar-refractivity contribution >= 4 is 27.2 Å². The van der Waals surface area contributed by atoms with Crippen LogP contribution >= 0.6 is 0 Å². The number of hydrogen-bond acceptors (Lipinski definition) is 3. The first-order valence-electron chi connectivity index (χ1n) is 7.40. The van der Waals surface area contributed by atoms with Crippen molar-refractivity contribution in [1.82, 2.24) is 0 Å². The molecule has 0 aliphatic rings. The molecule has 3 N–H and O–H groups in total. The van der Waals surface area contributed by atoms with Crippen molar-refractivity contribution in [1.29, 1.82) is 0 Å². The summed E-state index contributed by atoms with van der Waals surface area (Å²) in [6, 6.07) is 22.7. The highest BCUT2D eigenvalue weighted by Gasteiger charge is 2.10. The van der Waals surface area contributed by atoms with Gasteiger partial charge in [0, 0.05) is 16.5 Å². The highest BCUT2D eigenvalue weighted by molar-refractivity contribution is 5.98. The van der Waals surface area contributed by atoms with Crippen molar-refractivity contribution in [3.8, 4) is 17.2 Å². The first-order valence-corrected chi connectivity index (χ1v) is 7.40. The lowest BCUT2D eigenvalue weighted by atomic mass is 10.1. The fourth-order valence-electron chi connectivity index (χ4n) is 2.87. The van der Waals surface area contributed by atoms with Gasteiger partial charge < -0.3 is 15.6 Å². The summed E-state index contributed by atoms with van der Waals surface area (Å²) >= 11 is 0. The molecular formula is C20H15NO2. The van der Waals surface area contributed by atoms with E-state index in [0.717, 1.165) is 16.2 Å². The zero-order valence-corrected chi connectivity index (χ0v) is 12.4. The van der Waals surface area contributed by atoms with Crippen LogP contribution < -0.4 is 10.5 Å². The van der Waals surface area contributed by atoms with Gasteiger partial charge >= 0.3 is 0 Å². The molecule has 0 fully saturated rings. The Morgan fingerprint density at radius 3 is 2.26 bits per heavy atom. The Labute approximate surface area is 133 Å². The van der Waals surface area contributed by atoms with Gasteiger partial charge in [0.05, 0.1) is 5.39 Å². The van der Waals surface area contributed by atoms with Crippen LogP contribution in [0.4, 0.5) is 5.69 Å². The van der Waals surface area contributed by atoms with Gasteiger partial charge in [0.25, 0.3) is 0 Å². The Bertz CT molecular complexity index is 1020. The van der Waals surface area contributed by atoms with Crippen molar-refractivity contribution < 1.29 is 9.84 Å². The summed E-state index contributed by atoms with van der Waals surface area (Å²) < 4.78 is 6.13. The van der Waals surface area contributed by atoms with Crippen LogP contribution in [0.2, 0.25) is 0 Å². The molecule has 3 heteroatoms. The maximum Gasteiger partial charge on any atom is 0.139 e. The van der Waals surface area contributed by atoms with E-state index in [4.69, 9.17) is 10.5 Å². The number of nitrogens with two attached hydrogens (primary N) is 1. The quantitative estimate of drug-likeness (QED) is 0.508. The first-order chi connectivity index (χ1) is 11.2. The number of phenols is 1. The maximum absolute atomic E-state index is 10.2. The van der Waals surface area contributed by atoms with Crippen LogP contribution in [0.25, 0.3) is 21.5 Å². The standard InChI is InChI=1S/C20H15NO2/c21-16-11-12-18(15-8-2-1-7-14(15)16)23-19-10-4-6-13-5-3-9-17(22)20(13)19/h1-12,22H,21H2. The SMILES string of the molecule is Nc1ccc(Oc2cccc3cccc(O)c23)c2ccccc12. The number of benzene rings is 4. The molecule has 4 rings (SSSR count). The van der Waals surface area contributed by atoms with E-state index in [1.54, 1.807) is 6.07 Å². The third kappa shape index (κ3) is 2.23. The summed E-state index contributed by atoms with van der Waals surface area (Å²) in [6.45, 7) is 0. The minimum Gasteiger partial charge on any atom is -0.507 e. The lowest BCUT2D eigenvalue weighted by Gasteiger charge is -2.13. The van der Waals surface area contributed by atoms with Crippen molar-refractivity contribution in [3.05, 3.63) is 72.8 Å². The molecule has 0 aliphatic heterocycles. The monoisotopic (exact) mass is 301 g/mol. The number of ether oxygens (including phenoxy) is 1. The van der Waals surface area contributed by atoms with Crippen LogP contribution in [-0.4, -0.2) is 5.11 Å². The van der Waals surface area contributed by atoms with Crippen LogP contribution in [0.15, 0.2) is 72.8 Å². The maximum atomic E-state index is 10.2. The van der Waals surface area contributed by atoms with Gasteiger partial charge in [0.15, 0.2) is 0 Å². The van der Waals surface area contributed by atoms with Gasteiger partial charge in [-0.2, -0.15) is 0 Å². The Balaban J connectivity index is 1.91. The average Bonchev–Trinajstić information content (AvgIpc) is 2.58. The molecule has 0 saturated carbocycles. The first kappa shape index (κ1) is 13.5.